The summed E-state index contributed by atoms with van der Waals surface area (Å²) in [4.78, 5) is 0. The molecule has 1 rings (SSSR count). The number of nitrogen functional groups attached to an aromatic ring is 1. The molecule has 0 radical (unpaired) electrons. The van der Waals surface area contributed by atoms with Crippen LogP contribution in [0.2, 0.25) is 18.1 Å². The van der Waals surface area contributed by atoms with Gasteiger partial charge in [0.05, 0.1) is 13.2 Å². The molecule has 0 aliphatic carbocycles. The summed E-state index contributed by atoms with van der Waals surface area (Å²) in [6.07, 6.45) is 0. The molecule has 0 aliphatic rings. The molecule has 3 nitrogen and oxygen atoms in total. The van der Waals surface area contributed by atoms with E-state index >= 15 is 0 Å². The van der Waals surface area contributed by atoms with Crippen molar-refractivity contribution in [2.24, 2.45) is 0 Å². The number of benzene rings is 1. The van der Waals surface area contributed by atoms with Crippen LogP contribution in [0.15, 0.2) is 18.2 Å². The van der Waals surface area contributed by atoms with Crippen LogP contribution in [-0.2, 0) is 17.6 Å². The molecule has 0 amide bonds. The molecule has 0 aromatic heterocycles. The van der Waals surface area contributed by atoms with Crippen molar-refractivity contribution in [1.29, 1.82) is 0 Å². The molecular weight excluding hydrogens is 242 g/mol. The Morgan fingerprint density at radius 1 is 1.28 bits per heavy atom. The fourth-order valence-corrected chi connectivity index (χ4v) is 2.32. The minimum Gasteiger partial charge on any atom is -0.413 e. The van der Waals surface area contributed by atoms with E-state index in [-0.39, 0.29) is 11.6 Å². The van der Waals surface area contributed by atoms with Gasteiger partial charge in [0.2, 0.25) is 0 Å². The second kappa shape index (κ2) is 5.43. The molecule has 0 spiro atoms. The molecular formula is C14H25NO2Si. The van der Waals surface area contributed by atoms with Crippen molar-refractivity contribution >= 4 is 14.0 Å². The van der Waals surface area contributed by atoms with E-state index in [0.29, 0.717) is 12.3 Å². The predicted octanol–water partition coefficient (Wildman–Crippen LogP) is 3.28. The van der Waals surface area contributed by atoms with Gasteiger partial charge in [-0.05, 0) is 29.8 Å². The third-order valence-electron chi connectivity index (χ3n) is 3.79. The van der Waals surface area contributed by atoms with Crippen molar-refractivity contribution in [2.45, 2.75) is 52.1 Å². The Hall–Kier alpha value is -0.843. The molecule has 102 valence electrons. The van der Waals surface area contributed by atoms with Crippen LogP contribution in [0.25, 0.3) is 0 Å². The topological polar surface area (TPSA) is 55.5 Å². The molecule has 1 aromatic rings. The van der Waals surface area contributed by atoms with Gasteiger partial charge in [0.25, 0.3) is 0 Å². The zero-order valence-electron chi connectivity index (χ0n) is 12.1. The number of aliphatic hydroxyl groups is 1. The standard InChI is InChI=1S/C14H25NO2Si/c1-14(2,3)18(4,5)17-10-11-6-7-12(9-16)13(15)8-11/h6-8,16H,9-10,15H2,1-5H3. The Morgan fingerprint density at radius 3 is 2.33 bits per heavy atom. The lowest BCUT2D eigenvalue weighted by Crippen LogP contribution is -2.40. The summed E-state index contributed by atoms with van der Waals surface area (Å²) in [5, 5.41) is 9.28. The average Bonchev–Trinajstić information content (AvgIpc) is 2.25. The summed E-state index contributed by atoms with van der Waals surface area (Å²) in [6.45, 7) is 11.7. The summed E-state index contributed by atoms with van der Waals surface area (Å²) in [5.74, 6) is 0. The quantitative estimate of drug-likeness (QED) is 0.650. The molecule has 0 unspecified atom stereocenters. The minimum atomic E-state index is -1.72. The van der Waals surface area contributed by atoms with Gasteiger partial charge in [-0.25, -0.2) is 0 Å². The van der Waals surface area contributed by atoms with Crippen LogP contribution in [0.4, 0.5) is 5.69 Å². The first-order valence-electron chi connectivity index (χ1n) is 6.29. The van der Waals surface area contributed by atoms with Gasteiger partial charge in [0, 0.05) is 11.3 Å². The zero-order chi connectivity index (χ0) is 14.0. The smallest absolute Gasteiger partial charge is 0.192 e. The monoisotopic (exact) mass is 267 g/mol. The molecule has 0 heterocycles. The summed E-state index contributed by atoms with van der Waals surface area (Å²) < 4.78 is 6.13. The molecule has 0 fully saturated rings. The first-order chi connectivity index (χ1) is 8.17. The number of rotatable bonds is 4. The van der Waals surface area contributed by atoms with E-state index in [4.69, 9.17) is 15.3 Å². The molecule has 4 heteroatoms. The molecule has 0 saturated carbocycles. The number of hydrogen-bond acceptors (Lipinski definition) is 3. The van der Waals surface area contributed by atoms with Gasteiger partial charge < -0.3 is 15.3 Å². The largest absolute Gasteiger partial charge is 0.413 e. The van der Waals surface area contributed by atoms with Crippen molar-refractivity contribution in [3.8, 4) is 0 Å². The highest BCUT2D eigenvalue weighted by molar-refractivity contribution is 6.74. The van der Waals surface area contributed by atoms with E-state index in [9.17, 15) is 0 Å². The second-order valence-electron chi connectivity index (χ2n) is 6.24. The van der Waals surface area contributed by atoms with E-state index in [1.165, 1.54) is 0 Å². The lowest BCUT2D eigenvalue weighted by Gasteiger charge is -2.36. The number of nitrogens with two attached hydrogens (primary N) is 1. The predicted molar refractivity (Wildman–Crippen MR) is 78.8 cm³/mol. The Morgan fingerprint density at radius 2 is 1.89 bits per heavy atom. The van der Waals surface area contributed by atoms with E-state index in [2.05, 4.69) is 33.9 Å². The van der Waals surface area contributed by atoms with Crippen LogP contribution in [-0.4, -0.2) is 13.4 Å². The zero-order valence-corrected chi connectivity index (χ0v) is 13.1. The van der Waals surface area contributed by atoms with Crippen LogP contribution >= 0.6 is 0 Å². The van der Waals surface area contributed by atoms with Gasteiger partial charge in [-0.2, -0.15) is 0 Å². The van der Waals surface area contributed by atoms with Gasteiger partial charge in [-0.3, -0.25) is 0 Å². The molecule has 0 bridgehead atoms. The fraction of sp³-hybridized carbons (Fsp3) is 0.571. The summed E-state index contributed by atoms with van der Waals surface area (Å²) in [6, 6.07) is 5.72. The summed E-state index contributed by atoms with van der Waals surface area (Å²) in [7, 11) is -1.72. The van der Waals surface area contributed by atoms with E-state index < -0.39 is 8.32 Å². The molecule has 0 aliphatic heterocycles. The van der Waals surface area contributed by atoms with E-state index in [0.717, 1.165) is 11.1 Å². The van der Waals surface area contributed by atoms with Crippen LogP contribution < -0.4 is 5.73 Å². The average molecular weight is 267 g/mol. The lowest BCUT2D eigenvalue weighted by molar-refractivity contribution is 0.275. The highest BCUT2D eigenvalue weighted by Crippen LogP contribution is 2.37. The normalized spacial score (nSPS) is 12.8. The summed E-state index contributed by atoms with van der Waals surface area (Å²) >= 11 is 0. The highest BCUT2D eigenvalue weighted by Gasteiger charge is 2.36. The maximum atomic E-state index is 9.07. The SMILES string of the molecule is CC(C)(C)[Si](C)(C)OCc1ccc(CO)c(N)c1. The van der Waals surface area contributed by atoms with Crippen LogP contribution in [0, 0.1) is 0 Å². The second-order valence-corrected chi connectivity index (χ2v) is 11.0. The molecule has 1 aromatic carbocycles. The Labute approximate surface area is 111 Å². The maximum absolute atomic E-state index is 9.07. The molecule has 0 saturated heterocycles. The molecule has 3 N–H and O–H groups in total. The van der Waals surface area contributed by atoms with Crippen molar-refractivity contribution < 1.29 is 9.53 Å². The van der Waals surface area contributed by atoms with Gasteiger partial charge in [-0.1, -0.05) is 32.9 Å². The van der Waals surface area contributed by atoms with Gasteiger partial charge >= 0.3 is 0 Å². The number of anilines is 1. The van der Waals surface area contributed by atoms with Crippen molar-refractivity contribution in [1.82, 2.24) is 0 Å². The van der Waals surface area contributed by atoms with Crippen molar-refractivity contribution in [3.05, 3.63) is 29.3 Å². The van der Waals surface area contributed by atoms with Crippen LogP contribution in [0.1, 0.15) is 31.9 Å². The van der Waals surface area contributed by atoms with Gasteiger partial charge in [-0.15, -0.1) is 0 Å². The third kappa shape index (κ3) is 3.57. The van der Waals surface area contributed by atoms with Crippen molar-refractivity contribution in [3.63, 3.8) is 0 Å². The van der Waals surface area contributed by atoms with Crippen molar-refractivity contribution in [2.75, 3.05) is 5.73 Å². The minimum absolute atomic E-state index is 0.0186. The Kier molecular flexibility index (Phi) is 4.59. The highest BCUT2D eigenvalue weighted by atomic mass is 28.4. The van der Waals surface area contributed by atoms with Crippen LogP contribution in [0.3, 0.4) is 0 Å². The number of hydrogen-bond donors (Lipinski definition) is 2. The van der Waals surface area contributed by atoms with Gasteiger partial charge in [0.15, 0.2) is 8.32 Å². The molecule has 0 atom stereocenters. The Balaban J connectivity index is 2.73. The lowest BCUT2D eigenvalue weighted by atomic mass is 10.1. The van der Waals surface area contributed by atoms with Gasteiger partial charge in [0.1, 0.15) is 0 Å². The fourth-order valence-electron chi connectivity index (χ4n) is 1.36. The first kappa shape index (κ1) is 15.2. The number of aliphatic hydroxyl groups excluding tert-OH is 1. The third-order valence-corrected chi connectivity index (χ3v) is 8.26. The van der Waals surface area contributed by atoms with E-state index in [1.807, 2.05) is 18.2 Å². The molecule has 18 heavy (non-hydrogen) atoms. The summed E-state index contributed by atoms with van der Waals surface area (Å²) in [5.41, 5.74) is 8.32. The van der Waals surface area contributed by atoms with E-state index in [1.54, 1.807) is 0 Å². The first-order valence-corrected chi connectivity index (χ1v) is 9.20. The Bertz CT molecular complexity index is 411. The van der Waals surface area contributed by atoms with Crippen LogP contribution in [0.5, 0.6) is 0 Å². The maximum Gasteiger partial charge on any atom is 0.192 e.